The Bertz CT molecular complexity index is 55.0. The molecule has 0 heterocycles. The Morgan fingerprint density at radius 3 is 2.33 bits per heavy atom. The Labute approximate surface area is 55.6 Å². The summed E-state index contributed by atoms with van der Waals surface area (Å²) in [4.78, 5) is 0. The fourth-order valence-corrected chi connectivity index (χ4v) is 0.204. The molecule has 0 aliphatic rings. The third kappa shape index (κ3) is 2.89. The fraction of sp³-hybridized carbons (Fsp3) is 0.600. The van der Waals surface area contributed by atoms with Crippen LogP contribution in [0.1, 0.15) is 20.3 Å². The summed E-state index contributed by atoms with van der Waals surface area (Å²) in [6, 6.07) is 0. The standard InChI is InChI=1S/C5H9.Hg/c1-3-5-4-2;/h3H,4H2,1-2H3;. The van der Waals surface area contributed by atoms with Crippen molar-refractivity contribution in [2.24, 2.45) is 0 Å². The van der Waals surface area contributed by atoms with Crippen LogP contribution in [0.5, 0.6) is 0 Å². The van der Waals surface area contributed by atoms with Gasteiger partial charge in [0.05, 0.1) is 0 Å². The second-order valence-corrected chi connectivity index (χ2v) is 4.83. The van der Waals surface area contributed by atoms with Crippen molar-refractivity contribution in [1.29, 1.82) is 0 Å². The van der Waals surface area contributed by atoms with E-state index < -0.39 is 0 Å². The molecule has 0 saturated carbocycles. The van der Waals surface area contributed by atoms with Crippen molar-refractivity contribution in [3.8, 4) is 0 Å². The van der Waals surface area contributed by atoms with Gasteiger partial charge < -0.3 is 0 Å². The molecular weight excluding hydrogens is 261 g/mol. The molecule has 0 nitrogen and oxygen atoms in total. The second kappa shape index (κ2) is 3.85. The molecule has 0 aromatic carbocycles. The molecule has 0 amide bonds. The van der Waals surface area contributed by atoms with E-state index in [1.807, 2.05) is 0 Å². The van der Waals surface area contributed by atoms with E-state index in [-0.39, 0.29) is 0 Å². The molecule has 0 aromatic rings. The molecule has 0 rings (SSSR count). The van der Waals surface area contributed by atoms with E-state index >= 15 is 0 Å². The Morgan fingerprint density at radius 2 is 2.33 bits per heavy atom. The van der Waals surface area contributed by atoms with Gasteiger partial charge in [-0.1, -0.05) is 0 Å². The van der Waals surface area contributed by atoms with Crippen molar-refractivity contribution in [2.45, 2.75) is 20.3 Å². The Hall–Kier alpha value is 0.675. The average molecular weight is 270 g/mol. The molecule has 0 unspecified atom stereocenters. The molecule has 0 aromatic heterocycles. The molecule has 6 heavy (non-hydrogen) atoms. The maximum absolute atomic E-state index is 2.23. The quantitative estimate of drug-likeness (QED) is 0.638. The van der Waals surface area contributed by atoms with Gasteiger partial charge >= 0.3 is 55.5 Å². The summed E-state index contributed by atoms with van der Waals surface area (Å²) in [5, 5.41) is 0. The molecule has 0 spiro atoms. The third-order valence-corrected chi connectivity index (χ3v) is 4.39. The summed E-state index contributed by atoms with van der Waals surface area (Å²) < 4.78 is 1.66. The Balaban J connectivity index is 3.22. The molecule has 0 N–H and O–H groups in total. The van der Waals surface area contributed by atoms with Gasteiger partial charge in [0.1, 0.15) is 0 Å². The first-order valence-corrected chi connectivity index (χ1v) is 5.03. The van der Waals surface area contributed by atoms with Crippen molar-refractivity contribution in [1.82, 2.24) is 0 Å². The van der Waals surface area contributed by atoms with Crippen LogP contribution in [-0.4, -0.2) is 0 Å². The molecule has 0 radical (unpaired) electrons. The molecular formula is C5H9Hg. The average Bonchev–Trinajstić information content (AvgIpc) is 1.65. The van der Waals surface area contributed by atoms with Crippen molar-refractivity contribution >= 4 is 0 Å². The monoisotopic (exact) mass is 271 g/mol. The van der Waals surface area contributed by atoms with Gasteiger partial charge in [-0.3, -0.25) is 0 Å². The first-order valence-electron chi connectivity index (χ1n) is 2.28. The van der Waals surface area contributed by atoms with E-state index in [9.17, 15) is 0 Å². The predicted molar refractivity (Wildman–Crippen MR) is 24.0 cm³/mol. The normalized spacial score (nSPS) is 12.3. The minimum atomic E-state index is 0.897. The molecule has 0 aliphatic heterocycles. The summed E-state index contributed by atoms with van der Waals surface area (Å²) >= 11 is 0.897. The van der Waals surface area contributed by atoms with Gasteiger partial charge in [-0.05, 0) is 0 Å². The summed E-state index contributed by atoms with van der Waals surface area (Å²) in [7, 11) is 0. The SMILES string of the molecule is C/C=[C](/[Hg])CC. The molecule has 0 aliphatic carbocycles. The van der Waals surface area contributed by atoms with Crippen molar-refractivity contribution < 1.29 is 26.1 Å². The summed E-state index contributed by atoms with van der Waals surface area (Å²) in [6.45, 7) is 4.33. The summed E-state index contributed by atoms with van der Waals surface area (Å²) in [5.74, 6) is 0. The zero-order valence-corrected chi connectivity index (χ0v) is 9.99. The Morgan fingerprint density at radius 1 is 1.83 bits per heavy atom. The van der Waals surface area contributed by atoms with Crippen LogP contribution in [0.15, 0.2) is 9.16 Å². The van der Waals surface area contributed by atoms with Crippen molar-refractivity contribution in [3.05, 3.63) is 9.16 Å². The summed E-state index contributed by atoms with van der Waals surface area (Å²) in [5.41, 5.74) is 0. The van der Waals surface area contributed by atoms with E-state index in [0.29, 0.717) is 0 Å². The fourth-order valence-electron chi connectivity index (χ4n) is 0.204. The van der Waals surface area contributed by atoms with Gasteiger partial charge in [0.25, 0.3) is 0 Å². The first kappa shape index (κ1) is 6.68. The maximum atomic E-state index is 2.23. The van der Waals surface area contributed by atoms with Gasteiger partial charge in [0.2, 0.25) is 0 Å². The van der Waals surface area contributed by atoms with E-state index in [4.69, 9.17) is 0 Å². The number of hydrogen-bond acceptors (Lipinski definition) is 0. The predicted octanol–water partition coefficient (Wildman–Crippen LogP) is 1.85. The van der Waals surface area contributed by atoms with E-state index in [2.05, 4.69) is 19.9 Å². The van der Waals surface area contributed by atoms with E-state index in [1.54, 1.807) is 3.08 Å². The van der Waals surface area contributed by atoms with Crippen LogP contribution in [0.25, 0.3) is 0 Å². The molecule has 0 fully saturated rings. The third-order valence-electron chi connectivity index (χ3n) is 0.862. The number of hydrogen-bond donors (Lipinski definition) is 0. The van der Waals surface area contributed by atoms with Gasteiger partial charge in [-0.15, -0.1) is 0 Å². The second-order valence-electron chi connectivity index (χ2n) is 1.30. The molecule has 0 bridgehead atoms. The van der Waals surface area contributed by atoms with E-state index in [0.717, 1.165) is 26.1 Å². The van der Waals surface area contributed by atoms with Gasteiger partial charge in [-0.2, -0.15) is 0 Å². The van der Waals surface area contributed by atoms with Crippen LogP contribution in [-0.2, 0) is 26.1 Å². The van der Waals surface area contributed by atoms with Crippen LogP contribution in [0, 0.1) is 0 Å². The van der Waals surface area contributed by atoms with Gasteiger partial charge in [0.15, 0.2) is 0 Å². The van der Waals surface area contributed by atoms with E-state index in [1.165, 1.54) is 6.42 Å². The molecule has 1 heteroatoms. The number of allylic oxidation sites excluding steroid dienone is 2. The van der Waals surface area contributed by atoms with Crippen LogP contribution in [0.4, 0.5) is 0 Å². The first-order chi connectivity index (χ1) is 2.81. The van der Waals surface area contributed by atoms with Crippen molar-refractivity contribution in [3.63, 3.8) is 0 Å². The van der Waals surface area contributed by atoms with Gasteiger partial charge in [-0.25, -0.2) is 0 Å². The van der Waals surface area contributed by atoms with Gasteiger partial charge in [0, 0.05) is 0 Å². The van der Waals surface area contributed by atoms with Crippen LogP contribution < -0.4 is 0 Å². The van der Waals surface area contributed by atoms with Crippen LogP contribution in [0.3, 0.4) is 0 Å². The van der Waals surface area contributed by atoms with Crippen molar-refractivity contribution in [2.75, 3.05) is 0 Å². The zero-order chi connectivity index (χ0) is 4.99. The topological polar surface area (TPSA) is 0 Å². The van der Waals surface area contributed by atoms with Crippen LogP contribution in [0.2, 0.25) is 0 Å². The zero-order valence-electron chi connectivity index (χ0n) is 4.49. The molecule has 31 valence electrons. The minimum absolute atomic E-state index is 0.897. The molecule has 0 atom stereocenters. The van der Waals surface area contributed by atoms with Crippen LogP contribution >= 0.6 is 0 Å². The Kier molecular flexibility index (Phi) is 4.28. The number of rotatable bonds is 1. The summed E-state index contributed by atoms with van der Waals surface area (Å²) in [6.07, 6.45) is 3.50. The molecule has 0 saturated heterocycles.